The minimum atomic E-state index is -0.715. The highest BCUT2D eigenvalue weighted by Gasteiger charge is 2.28. The van der Waals surface area contributed by atoms with Gasteiger partial charge in [0, 0.05) is 11.4 Å². The number of piperidine rings is 1. The van der Waals surface area contributed by atoms with Gasteiger partial charge in [-0.2, -0.15) is 0 Å². The van der Waals surface area contributed by atoms with Gasteiger partial charge in [0.05, 0.1) is 5.02 Å². The summed E-state index contributed by atoms with van der Waals surface area (Å²) in [5.41, 5.74) is 0. The lowest BCUT2D eigenvalue weighted by Crippen LogP contribution is -2.43. The summed E-state index contributed by atoms with van der Waals surface area (Å²) < 4.78 is 0. The van der Waals surface area contributed by atoms with Crippen molar-refractivity contribution in [3.63, 3.8) is 0 Å². The molecule has 0 aliphatic carbocycles. The lowest BCUT2D eigenvalue weighted by atomic mass is 10.0. The van der Waals surface area contributed by atoms with Gasteiger partial charge in [0.2, 0.25) is 0 Å². The monoisotopic (exact) mass is 259 g/mol. The van der Waals surface area contributed by atoms with Crippen LogP contribution in [0.4, 0.5) is 0 Å². The average Bonchev–Trinajstić information content (AvgIpc) is 2.65. The fourth-order valence-corrected chi connectivity index (χ4v) is 3.20. The highest BCUT2D eigenvalue weighted by atomic mass is 35.5. The summed E-state index contributed by atoms with van der Waals surface area (Å²) in [4.78, 5) is 14.2. The number of carboxylic acid groups (broad SMARTS) is 1. The molecule has 0 amide bonds. The van der Waals surface area contributed by atoms with Crippen LogP contribution in [0.3, 0.4) is 0 Å². The van der Waals surface area contributed by atoms with E-state index in [2.05, 4.69) is 0 Å². The molecule has 5 heteroatoms. The highest BCUT2D eigenvalue weighted by molar-refractivity contribution is 7.10. The molecule has 1 fully saturated rings. The first-order chi connectivity index (χ1) is 7.68. The Morgan fingerprint density at radius 1 is 1.62 bits per heavy atom. The van der Waals surface area contributed by atoms with Gasteiger partial charge in [-0.25, -0.2) is 0 Å². The Morgan fingerprint density at radius 3 is 3.06 bits per heavy atom. The van der Waals surface area contributed by atoms with Gasteiger partial charge in [0.15, 0.2) is 0 Å². The molecule has 0 radical (unpaired) electrons. The Bertz CT molecular complexity index is 380. The molecular weight excluding hydrogens is 246 g/mol. The van der Waals surface area contributed by atoms with Crippen molar-refractivity contribution < 1.29 is 9.90 Å². The highest BCUT2D eigenvalue weighted by Crippen LogP contribution is 2.27. The summed E-state index contributed by atoms with van der Waals surface area (Å²) in [6.45, 7) is 1.51. The maximum absolute atomic E-state index is 11.1. The molecule has 3 nitrogen and oxygen atoms in total. The molecule has 2 heterocycles. The fraction of sp³-hybridized carbons (Fsp3) is 0.545. The van der Waals surface area contributed by atoms with Crippen molar-refractivity contribution in [3.8, 4) is 0 Å². The fourth-order valence-electron chi connectivity index (χ4n) is 2.08. The minimum Gasteiger partial charge on any atom is -0.480 e. The second-order valence-electron chi connectivity index (χ2n) is 4.01. The summed E-state index contributed by atoms with van der Waals surface area (Å²) in [6.07, 6.45) is 2.83. The Hall–Kier alpha value is -0.580. The SMILES string of the molecule is O=C(O)C1CCCCN1Cc1sccc1Cl. The Morgan fingerprint density at radius 2 is 2.44 bits per heavy atom. The average molecular weight is 260 g/mol. The Kier molecular flexibility index (Phi) is 3.84. The number of aliphatic carboxylic acids is 1. The van der Waals surface area contributed by atoms with Gasteiger partial charge in [0.1, 0.15) is 6.04 Å². The van der Waals surface area contributed by atoms with Crippen molar-refractivity contribution in [2.24, 2.45) is 0 Å². The zero-order valence-corrected chi connectivity index (χ0v) is 10.4. The third kappa shape index (κ3) is 2.56. The minimum absolute atomic E-state index is 0.341. The predicted molar refractivity (Wildman–Crippen MR) is 65.0 cm³/mol. The Labute approximate surface area is 104 Å². The molecule has 1 aliphatic rings. The maximum atomic E-state index is 11.1. The van der Waals surface area contributed by atoms with E-state index in [-0.39, 0.29) is 6.04 Å². The van der Waals surface area contributed by atoms with Crippen LogP contribution in [0.15, 0.2) is 11.4 Å². The number of rotatable bonds is 3. The first-order valence-corrected chi connectivity index (χ1v) is 6.63. The number of hydrogen-bond acceptors (Lipinski definition) is 3. The van der Waals surface area contributed by atoms with Crippen LogP contribution in [0, 0.1) is 0 Å². The van der Waals surface area contributed by atoms with Crippen molar-refractivity contribution in [2.75, 3.05) is 6.54 Å². The number of nitrogens with zero attached hydrogens (tertiary/aromatic N) is 1. The molecule has 1 aromatic rings. The number of likely N-dealkylation sites (tertiary alicyclic amines) is 1. The zero-order chi connectivity index (χ0) is 11.5. The predicted octanol–water partition coefficient (Wildman–Crippen LogP) is 2.84. The van der Waals surface area contributed by atoms with E-state index in [0.29, 0.717) is 6.54 Å². The molecule has 0 spiro atoms. The zero-order valence-electron chi connectivity index (χ0n) is 8.86. The van der Waals surface area contributed by atoms with Crippen molar-refractivity contribution in [1.82, 2.24) is 4.90 Å². The van der Waals surface area contributed by atoms with Crippen LogP contribution in [-0.4, -0.2) is 28.6 Å². The van der Waals surface area contributed by atoms with E-state index in [4.69, 9.17) is 16.7 Å². The van der Waals surface area contributed by atoms with Crippen molar-refractivity contribution in [3.05, 3.63) is 21.3 Å². The number of carboxylic acids is 1. The molecule has 1 N–H and O–H groups in total. The first kappa shape index (κ1) is 11.9. The second kappa shape index (κ2) is 5.17. The second-order valence-corrected chi connectivity index (χ2v) is 5.42. The standard InChI is InChI=1S/C11H14ClNO2S/c12-8-4-6-16-10(8)7-13-5-2-1-3-9(13)11(14)15/h4,6,9H,1-3,5,7H2,(H,14,15). The van der Waals surface area contributed by atoms with Gasteiger partial charge in [0.25, 0.3) is 0 Å². The normalized spacial score (nSPS) is 22.2. The van der Waals surface area contributed by atoms with Gasteiger partial charge in [-0.05, 0) is 30.8 Å². The molecule has 0 saturated carbocycles. The van der Waals surface area contributed by atoms with Crippen molar-refractivity contribution in [1.29, 1.82) is 0 Å². The van der Waals surface area contributed by atoms with Crippen LogP contribution in [0.2, 0.25) is 5.02 Å². The summed E-state index contributed by atoms with van der Waals surface area (Å²) in [5, 5.41) is 11.8. The smallest absolute Gasteiger partial charge is 0.320 e. The van der Waals surface area contributed by atoms with E-state index in [1.165, 1.54) is 0 Å². The van der Waals surface area contributed by atoms with Gasteiger partial charge in [-0.3, -0.25) is 9.69 Å². The van der Waals surface area contributed by atoms with Gasteiger partial charge >= 0.3 is 5.97 Å². The third-order valence-corrected chi connectivity index (χ3v) is 4.31. The number of thiophene rings is 1. The summed E-state index contributed by atoms with van der Waals surface area (Å²) in [5.74, 6) is -0.715. The number of halogens is 1. The van der Waals surface area contributed by atoms with Crippen LogP contribution >= 0.6 is 22.9 Å². The molecule has 0 bridgehead atoms. The van der Waals surface area contributed by atoms with Crippen LogP contribution in [-0.2, 0) is 11.3 Å². The van der Waals surface area contributed by atoms with Crippen LogP contribution < -0.4 is 0 Å². The molecule has 1 aromatic heterocycles. The molecule has 1 aliphatic heterocycles. The molecular formula is C11H14ClNO2S. The van der Waals surface area contributed by atoms with E-state index >= 15 is 0 Å². The molecule has 2 rings (SSSR count). The van der Waals surface area contributed by atoms with Gasteiger partial charge < -0.3 is 5.11 Å². The number of hydrogen-bond donors (Lipinski definition) is 1. The van der Waals surface area contributed by atoms with Crippen molar-refractivity contribution in [2.45, 2.75) is 31.8 Å². The van der Waals surface area contributed by atoms with E-state index < -0.39 is 5.97 Å². The largest absolute Gasteiger partial charge is 0.480 e. The molecule has 16 heavy (non-hydrogen) atoms. The number of carbonyl (C=O) groups is 1. The third-order valence-electron chi connectivity index (χ3n) is 2.94. The molecule has 1 unspecified atom stereocenters. The van der Waals surface area contributed by atoms with Gasteiger partial charge in [-0.15, -0.1) is 11.3 Å². The maximum Gasteiger partial charge on any atom is 0.320 e. The Balaban J connectivity index is 2.07. The van der Waals surface area contributed by atoms with Crippen LogP contribution in [0.5, 0.6) is 0 Å². The van der Waals surface area contributed by atoms with E-state index in [1.807, 2.05) is 16.3 Å². The van der Waals surface area contributed by atoms with Crippen LogP contribution in [0.1, 0.15) is 24.1 Å². The van der Waals surface area contributed by atoms with E-state index in [9.17, 15) is 4.79 Å². The van der Waals surface area contributed by atoms with E-state index in [1.54, 1.807) is 11.3 Å². The summed E-state index contributed by atoms with van der Waals surface area (Å²) >= 11 is 7.61. The quantitative estimate of drug-likeness (QED) is 0.908. The lowest BCUT2D eigenvalue weighted by Gasteiger charge is -2.32. The lowest BCUT2D eigenvalue weighted by molar-refractivity contribution is -0.144. The molecule has 0 aromatic carbocycles. The summed E-state index contributed by atoms with van der Waals surface area (Å²) in [6, 6.07) is 1.52. The molecule has 1 atom stereocenters. The van der Waals surface area contributed by atoms with Gasteiger partial charge in [-0.1, -0.05) is 18.0 Å². The van der Waals surface area contributed by atoms with Crippen LogP contribution in [0.25, 0.3) is 0 Å². The molecule has 1 saturated heterocycles. The first-order valence-electron chi connectivity index (χ1n) is 5.37. The molecule has 88 valence electrons. The summed E-state index contributed by atoms with van der Waals surface area (Å²) in [7, 11) is 0. The topological polar surface area (TPSA) is 40.5 Å². The van der Waals surface area contributed by atoms with Crippen molar-refractivity contribution >= 4 is 28.9 Å². The van der Waals surface area contributed by atoms with E-state index in [0.717, 1.165) is 35.7 Å².